The number of ether oxygens (including phenoxy) is 1. The van der Waals surface area contributed by atoms with Crippen LogP contribution in [0, 0.1) is 0 Å². The minimum atomic E-state index is -0.0600. The molecule has 0 bridgehead atoms. The minimum Gasteiger partial charge on any atom is -0.482 e. The lowest BCUT2D eigenvalue weighted by Gasteiger charge is -2.16. The van der Waals surface area contributed by atoms with E-state index in [9.17, 15) is 4.79 Å². The van der Waals surface area contributed by atoms with E-state index < -0.39 is 0 Å². The molecule has 3 N–H and O–H groups in total. The summed E-state index contributed by atoms with van der Waals surface area (Å²) in [5.41, 5.74) is 6.31. The van der Waals surface area contributed by atoms with Crippen LogP contribution in [-0.4, -0.2) is 18.6 Å². The number of hydrogen-bond donors (Lipinski definition) is 2. The third-order valence-electron chi connectivity index (χ3n) is 3.50. The van der Waals surface area contributed by atoms with E-state index in [0.29, 0.717) is 17.5 Å². The Morgan fingerprint density at radius 3 is 2.58 bits per heavy atom. The molecule has 19 heavy (non-hydrogen) atoms. The van der Waals surface area contributed by atoms with Crippen LogP contribution in [0.1, 0.15) is 38.5 Å². The zero-order chi connectivity index (χ0) is 13.5. The molecule has 1 aliphatic rings. The topological polar surface area (TPSA) is 64.3 Å². The van der Waals surface area contributed by atoms with E-state index in [2.05, 4.69) is 5.32 Å². The third-order valence-corrected chi connectivity index (χ3v) is 3.50. The fraction of sp³-hybridized carbons (Fsp3) is 0.533. The molecule has 4 nitrogen and oxygen atoms in total. The summed E-state index contributed by atoms with van der Waals surface area (Å²) < 4.78 is 5.43. The number of anilines is 1. The Morgan fingerprint density at radius 2 is 1.89 bits per heavy atom. The highest BCUT2D eigenvalue weighted by Crippen LogP contribution is 2.20. The van der Waals surface area contributed by atoms with Crippen LogP contribution in [0.5, 0.6) is 5.75 Å². The van der Waals surface area contributed by atoms with E-state index in [1.54, 1.807) is 12.1 Å². The summed E-state index contributed by atoms with van der Waals surface area (Å²) in [6.07, 6.45) is 7.14. The molecule has 0 radical (unpaired) electrons. The summed E-state index contributed by atoms with van der Waals surface area (Å²) in [6, 6.07) is 7.53. The van der Waals surface area contributed by atoms with Crippen molar-refractivity contribution < 1.29 is 9.53 Å². The Balaban J connectivity index is 1.76. The second-order valence-electron chi connectivity index (χ2n) is 5.08. The molecule has 1 fully saturated rings. The van der Waals surface area contributed by atoms with Crippen LogP contribution in [-0.2, 0) is 4.79 Å². The van der Waals surface area contributed by atoms with Crippen molar-refractivity contribution in [1.82, 2.24) is 5.32 Å². The van der Waals surface area contributed by atoms with Crippen molar-refractivity contribution in [2.45, 2.75) is 44.6 Å². The monoisotopic (exact) mass is 262 g/mol. The third kappa shape index (κ3) is 4.47. The SMILES string of the molecule is Nc1ccccc1OCC(=O)NC1CCCCCC1. The summed E-state index contributed by atoms with van der Waals surface area (Å²) in [7, 11) is 0. The number of rotatable bonds is 4. The summed E-state index contributed by atoms with van der Waals surface area (Å²) >= 11 is 0. The largest absolute Gasteiger partial charge is 0.482 e. The van der Waals surface area contributed by atoms with E-state index in [0.717, 1.165) is 12.8 Å². The highest BCUT2D eigenvalue weighted by atomic mass is 16.5. The average Bonchev–Trinajstić information content (AvgIpc) is 2.66. The van der Waals surface area contributed by atoms with Crippen molar-refractivity contribution in [3.63, 3.8) is 0 Å². The average molecular weight is 262 g/mol. The first-order valence-electron chi connectivity index (χ1n) is 7.02. The molecular formula is C15H22N2O2. The molecular weight excluding hydrogens is 240 g/mol. The molecule has 0 heterocycles. The van der Waals surface area contributed by atoms with Crippen molar-refractivity contribution in [2.24, 2.45) is 0 Å². The number of para-hydroxylation sites is 2. The van der Waals surface area contributed by atoms with Crippen molar-refractivity contribution in [3.8, 4) is 5.75 Å². The lowest BCUT2D eigenvalue weighted by atomic mass is 10.1. The van der Waals surface area contributed by atoms with Crippen LogP contribution in [0.3, 0.4) is 0 Å². The molecule has 0 spiro atoms. The molecule has 1 aliphatic carbocycles. The Bertz CT molecular complexity index is 412. The van der Waals surface area contributed by atoms with Gasteiger partial charge in [-0.1, -0.05) is 37.8 Å². The number of nitrogens with one attached hydrogen (secondary N) is 1. The van der Waals surface area contributed by atoms with Gasteiger partial charge in [0, 0.05) is 6.04 Å². The Morgan fingerprint density at radius 1 is 1.21 bits per heavy atom. The minimum absolute atomic E-state index is 0.0325. The van der Waals surface area contributed by atoms with E-state index in [1.165, 1.54) is 25.7 Å². The Hall–Kier alpha value is -1.71. The van der Waals surface area contributed by atoms with Gasteiger partial charge in [0.05, 0.1) is 5.69 Å². The molecule has 104 valence electrons. The van der Waals surface area contributed by atoms with E-state index in [4.69, 9.17) is 10.5 Å². The predicted octanol–water partition coefficient (Wildman–Crippen LogP) is 2.49. The van der Waals surface area contributed by atoms with Crippen molar-refractivity contribution in [1.29, 1.82) is 0 Å². The lowest BCUT2D eigenvalue weighted by Crippen LogP contribution is -2.37. The molecule has 0 atom stereocenters. The maximum absolute atomic E-state index is 11.8. The summed E-state index contributed by atoms with van der Waals surface area (Å²) in [6.45, 7) is 0.0325. The molecule has 4 heteroatoms. The molecule has 0 saturated heterocycles. The van der Waals surface area contributed by atoms with Crippen LogP contribution >= 0.6 is 0 Å². The molecule has 1 amide bonds. The number of nitrogens with two attached hydrogens (primary N) is 1. The van der Waals surface area contributed by atoms with E-state index in [-0.39, 0.29) is 12.5 Å². The van der Waals surface area contributed by atoms with Crippen molar-refractivity contribution >= 4 is 11.6 Å². The number of hydrogen-bond acceptors (Lipinski definition) is 3. The number of carbonyl (C=O) groups excluding carboxylic acids is 1. The van der Waals surface area contributed by atoms with Gasteiger partial charge in [0.2, 0.25) is 0 Å². The summed E-state index contributed by atoms with van der Waals surface area (Å²) in [5, 5.41) is 3.04. The van der Waals surface area contributed by atoms with Gasteiger partial charge in [-0.25, -0.2) is 0 Å². The normalized spacial score (nSPS) is 16.6. The molecule has 1 saturated carbocycles. The van der Waals surface area contributed by atoms with Gasteiger partial charge in [-0.2, -0.15) is 0 Å². The molecule has 0 unspecified atom stereocenters. The fourth-order valence-electron chi connectivity index (χ4n) is 2.45. The second-order valence-corrected chi connectivity index (χ2v) is 5.08. The molecule has 2 rings (SSSR count). The quantitative estimate of drug-likeness (QED) is 0.647. The highest BCUT2D eigenvalue weighted by Gasteiger charge is 2.15. The number of carbonyl (C=O) groups is 1. The second kappa shape index (κ2) is 7.02. The molecule has 0 aromatic heterocycles. The zero-order valence-corrected chi connectivity index (χ0v) is 11.2. The van der Waals surface area contributed by atoms with Gasteiger partial charge in [0.25, 0.3) is 5.91 Å². The summed E-state index contributed by atoms with van der Waals surface area (Å²) in [4.78, 5) is 11.8. The maximum atomic E-state index is 11.8. The number of nitrogen functional groups attached to an aromatic ring is 1. The van der Waals surface area contributed by atoms with Crippen LogP contribution in [0.15, 0.2) is 24.3 Å². The van der Waals surface area contributed by atoms with Crippen LogP contribution < -0.4 is 15.8 Å². The van der Waals surface area contributed by atoms with Gasteiger partial charge in [-0.15, -0.1) is 0 Å². The molecule has 1 aromatic rings. The van der Waals surface area contributed by atoms with E-state index in [1.807, 2.05) is 12.1 Å². The smallest absolute Gasteiger partial charge is 0.258 e. The van der Waals surface area contributed by atoms with Crippen LogP contribution in [0.4, 0.5) is 5.69 Å². The highest BCUT2D eigenvalue weighted by molar-refractivity contribution is 5.78. The predicted molar refractivity (Wildman–Crippen MR) is 76.0 cm³/mol. The fourth-order valence-corrected chi connectivity index (χ4v) is 2.45. The Kier molecular flexibility index (Phi) is 5.07. The number of benzene rings is 1. The first-order valence-corrected chi connectivity index (χ1v) is 7.02. The Labute approximate surface area is 114 Å². The van der Waals surface area contributed by atoms with Crippen molar-refractivity contribution in [2.75, 3.05) is 12.3 Å². The lowest BCUT2D eigenvalue weighted by molar-refractivity contribution is -0.123. The zero-order valence-electron chi connectivity index (χ0n) is 11.2. The van der Waals surface area contributed by atoms with Gasteiger partial charge in [-0.3, -0.25) is 4.79 Å². The molecule has 1 aromatic carbocycles. The van der Waals surface area contributed by atoms with Crippen LogP contribution in [0.2, 0.25) is 0 Å². The van der Waals surface area contributed by atoms with Gasteiger partial charge < -0.3 is 15.8 Å². The first kappa shape index (κ1) is 13.7. The van der Waals surface area contributed by atoms with Crippen molar-refractivity contribution in [3.05, 3.63) is 24.3 Å². The number of amides is 1. The molecule has 0 aliphatic heterocycles. The van der Waals surface area contributed by atoms with Gasteiger partial charge in [-0.05, 0) is 25.0 Å². The van der Waals surface area contributed by atoms with Gasteiger partial charge in [0.15, 0.2) is 6.61 Å². The van der Waals surface area contributed by atoms with Crippen LogP contribution in [0.25, 0.3) is 0 Å². The summed E-state index contributed by atoms with van der Waals surface area (Å²) in [5.74, 6) is 0.508. The maximum Gasteiger partial charge on any atom is 0.258 e. The van der Waals surface area contributed by atoms with Gasteiger partial charge >= 0.3 is 0 Å². The first-order chi connectivity index (χ1) is 9.25. The van der Waals surface area contributed by atoms with Gasteiger partial charge in [0.1, 0.15) is 5.75 Å². The standard InChI is InChI=1S/C15H22N2O2/c16-13-9-5-6-10-14(13)19-11-15(18)17-12-7-3-1-2-4-8-12/h5-6,9-10,12H,1-4,7-8,11,16H2,(H,17,18). The van der Waals surface area contributed by atoms with E-state index >= 15 is 0 Å².